The Morgan fingerprint density at radius 1 is 1.30 bits per heavy atom. The normalized spacial score (nSPS) is 20.3. The molecule has 0 radical (unpaired) electrons. The average Bonchev–Trinajstić information content (AvgIpc) is 3.48. The van der Waals surface area contributed by atoms with E-state index < -0.39 is 0 Å². The lowest BCUT2D eigenvalue weighted by molar-refractivity contribution is 0.242. The van der Waals surface area contributed by atoms with Crippen molar-refractivity contribution in [2.24, 2.45) is 4.99 Å². The van der Waals surface area contributed by atoms with Gasteiger partial charge in [0.15, 0.2) is 5.96 Å². The monoisotopic (exact) mass is 544 g/mol. The summed E-state index contributed by atoms with van der Waals surface area (Å²) in [5.41, 5.74) is 0.853. The van der Waals surface area contributed by atoms with E-state index in [1.54, 1.807) is 0 Å². The number of aliphatic imine (C=N–C) groups is 1. The first kappa shape index (κ1) is 23.3. The van der Waals surface area contributed by atoms with Gasteiger partial charge < -0.3 is 15.2 Å². The smallest absolute Gasteiger partial charge is 0.228 e. The lowest BCUT2D eigenvalue weighted by Crippen LogP contribution is -2.45. The minimum Gasteiger partial charge on any atom is -0.356 e. The Morgan fingerprint density at radius 3 is 2.90 bits per heavy atom. The topological polar surface area (TPSA) is 78.6 Å². The van der Waals surface area contributed by atoms with E-state index in [9.17, 15) is 0 Å². The fourth-order valence-electron chi connectivity index (χ4n) is 4.28. The quantitative estimate of drug-likeness (QED) is 0.328. The van der Waals surface area contributed by atoms with Crippen LogP contribution in [0.15, 0.2) is 33.8 Å². The van der Waals surface area contributed by atoms with Crippen LogP contribution in [0.3, 0.4) is 0 Å². The van der Waals surface area contributed by atoms with Crippen LogP contribution in [0.2, 0.25) is 5.02 Å². The van der Waals surface area contributed by atoms with Crippen molar-refractivity contribution in [3.63, 3.8) is 0 Å². The molecule has 0 spiro atoms. The Bertz CT molecular complexity index is 838. The molecule has 1 aliphatic heterocycles. The van der Waals surface area contributed by atoms with E-state index in [1.807, 2.05) is 31.3 Å². The van der Waals surface area contributed by atoms with Crippen molar-refractivity contribution < 1.29 is 4.52 Å². The zero-order valence-electron chi connectivity index (χ0n) is 17.3. The zero-order valence-corrected chi connectivity index (χ0v) is 20.4. The molecule has 2 heterocycles. The van der Waals surface area contributed by atoms with Gasteiger partial charge in [0.1, 0.15) is 0 Å². The third-order valence-electron chi connectivity index (χ3n) is 5.81. The van der Waals surface area contributed by atoms with Crippen LogP contribution < -0.4 is 10.6 Å². The molecule has 0 amide bonds. The van der Waals surface area contributed by atoms with Gasteiger partial charge in [0.05, 0.1) is 0 Å². The summed E-state index contributed by atoms with van der Waals surface area (Å²) in [4.78, 5) is 11.5. The summed E-state index contributed by atoms with van der Waals surface area (Å²) in [5.74, 6) is 1.98. The molecular formula is C21H30ClIN6O. The predicted molar refractivity (Wildman–Crippen MR) is 131 cm³/mol. The number of nitrogens with zero attached hydrogens (tertiary/aromatic N) is 4. The van der Waals surface area contributed by atoms with Gasteiger partial charge in [0, 0.05) is 55.8 Å². The van der Waals surface area contributed by atoms with E-state index >= 15 is 0 Å². The molecular weight excluding hydrogens is 515 g/mol. The third-order valence-corrected chi connectivity index (χ3v) is 6.04. The van der Waals surface area contributed by atoms with Crippen LogP contribution in [0.5, 0.6) is 0 Å². The van der Waals surface area contributed by atoms with Crippen molar-refractivity contribution in [2.75, 3.05) is 26.7 Å². The second kappa shape index (κ2) is 11.3. The van der Waals surface area contributed by atoms with Gasteiger partial charge >= 0.3 is 0 Å². The maximum Gasteiger partial charge on any atom is 0.228 e. The molecule has 4 rings (SSSR count). The zero-order chi connectivity index (χ0) is 20.1. The van der Waals surface area contributed by atoms with Gasteiger partial charge in [-0.1, -0.05) is 41.7 Å². The molecule has 1 aromatic carbocycles. The standard InChI is InChI=1S/C21H29ClN6O.HI/c1-23-21(25-17-10-12-28(14-17)18-7-2-3-8-18)24-11-9-19-26-20(27-29-19)15-5-4-6-16(22)13-15;/h4-6,13,17-18H,2-3,7-12,14H2,1H3,(H2,23,24,25);1H. The summed E-state index contributed by atoms with van der Waals surface area (Å²) < 4.78 is 5.37. The van der Waals surface area contributed by atoms with E-state index in [1.165, 1.54) is 38.6 Å². The van der Waals surface area contributed by atoms with Gasteiger partial charge in [-0.05, 0) is 31.4 Å². The molecule has 1 aliphatic carbocycles. The van der Waals surface area contributed by atoms with Gasteiger partial charge in [-0.3, -0.25) is 9.89 Å². The van der Waals surface area contributed by atoms with Gasteiger partial charge in [-0.15, -0.1) is 24.0 Å². The third kappa shape index (κ3) is 6.07. The molecule has 164 valence electrons. The fourth-order valence-corrected chi connectivity index (χ4v) is 4.47. The molecule has 2 aromatic rings. The SMILES string of the molecule is CN=C(NCCc1nc(-c2cccc(Cl)c2)no1)NC1CCN(C2CCCC2)C1.I. The van der Waals surface area contributed by atoms with Gasteiger partial charge in [0.2, 0.25) is 11.7 Å². The summed E-state index contributed by atoms with van der Waals surface area (Å²) in [6, 6.07) is 8.70. The van der Waals surface area contributed by atoms with Crippen LogP contribution in [0, 0.1) is 0 Å². The van der Waals surface area contributed by atoms with Crippen LogP contribution in [-0.4, -0.2) is 59.8 Å². The van der Waals surface area contributed by atoms with Crippen molar-refractivity contribution in [2.45, 2.75) is 50.6 Å². The van der Waals surface area contributed by atoms with Crippen LogP contribution in [0.25, 0.3) is 11.4 Å². The van der Waals surface area contributed by atoms with E-state index in [0.29, 0.717) is 35.7 Å². The number of likely N-dealkylation sites (tertiary alicyclic amines) is 1. The summed E-state index contributed by atoms with van der Waals surface area (Å²) in [6.07, 6.45) is 7.30. The highest BCUT2D eigenvalue weighted by atomic mass is 127. The van der Waals surface area contributed by atoms with Crippen molar-refractivity contribution >= 4 is 41.5 Å². The highest BCUT2D eigenvalue weighted by molar-refractivity contribution is 14.0. The van der Waals surface area contributed by atoms with E-state index in [0.717, 1.165) is 24.1 Å². The summed E-state index contributed by atoms with van der Waals surface area (Å²) >= 11 is 6.03. The molecule has 2 aliphatic rings. The van der Waals surface area contributed by atoms with Gasteiger partial charge in [-0.25, -0.2) is 0 Å². The Balaban J connectivity index is 0.00000256. The molecule has 2 N–H and O–H groups in total. The predicted octanol–water partition coefficient (Wildman–Crippen LogP) is 3.73. The minimum absolute atomic E-state index is 0. The van der Waals surface area contributed by atoms with Crippen LogP contribution in [0.1, 0.15) is 38.0 Å². The van der Waals surface area contributed by atoms with E-state index in [-0.39, 0.29) is 24.0 Å². The number of hydrogen-bond donors (Lipinski definition) is 2. The summed E-state index contributed by atoms with van der Waals surface area (Å²) in [6.45, 7) is 2.97. The van der Waals surface area contributed by atoms with Crippen molar-refractivity contribution in [1.82, 2.24) is 25.7 Å². The van der Waals surface area contributed by atoms with Crippen molar-refractivity contribution in [3.8, 4) is 11.4 Å². The largest absolute Gasteiger partial charge is 0.356 e. The Morgan fingerprint density at radius 2 is 2.13 bits per heavy atom. The molecule has 1 saturated carbocycles. The highest BCUT2D eigenvalue weighted by Gasteiger charge is 2.30. The molecule has 2 fully saturated rings. The number of guanidine groups is 1. The molecule has 30 heavy (non-hydrogen) atoms. The van der Waals surface area contributed by atoms with Crippen LogP contribution >= 0.6 is 35.6 Å². The first-order valence-corrected chi connectivity index (χ1v) is 10.9. The molecule has 7 nitrogen and oxygen atoms in total. The number of rotatable bonds is 6. The number of hydrogen-bond acceptors (Lipinski definition) is 5. The highest BCUT2D eigenvalue weighted by Crippen LogP contribution is 2.26. The Hall–Kier alpha value is -1.39. The Labute approximate surface area is 200 Å². The molecule has 0 bridgehead atoms. The number of aromatic nitrogens is 2. The second-order valence-corrected chi connectivity index (χ2v) is 8.27. The number of halogens is 2. The average molecular weight is 545 g/mol. The van der Waals surface area contributed by atoms with E-state index in [2.05, 4.69) is 30.7 Å². The van der Waals surface area contributed by atoms with E-state index in [4.69, 9.17) is 16.1 Å². The molecule has 1 saturated heterocycles. The molecule has 9 heteroatoms. The molecule has 1 aromatic heterocycles. The lowest BCUT2D eigenvalue weighted by Gasteiger charge is -2.24. The van der Waals surface area contributed by atoms with Crippen LogP contribution in [0.4, 0.5) is 0 Å². The summed E-state index contributed by atoms with van der Waals surface area (Å²) in [5, 5.41) is 11.6. The lowest BCUT2D eigenvalue weighted by atomic mass is 10.2. The first-order chi connectivity index (χ1) is 14.2. The fraction of sp³-hybridized carbons (Fsp3) is 0.571. The minimum atomic E-state index is 0. The second-order valence-electron chi connectivity index (χ2n) is 7.83. The van der Waals surface area contributed by atoms with Gasteiger partial charge in [0.25, 0.3) is 0 Å². The summed E-state index contributed by atoms with van der Waals surface area (Å²) in [7, 11) is 1.81. The van der Waals surface area contributed by atoms with Crippen molar-refractivity contribution in [3.05, 3.63) is 35.2 Å². The maximum absolute atomic E-state index is 6.03. The first-order valence-electron chi connectivity index (χ1n) is 10.5. The number of nitrogens with one attached hydrogen (secondary N) is 2. The molecule has 1 unspecified atom stereocenters. The molecule has 1 atom stereocenters. The maximum atomic E-state index is 6.03. The Kier molecular flexibility index (Phi) is 8.76. The van der Waals surface area contributed by atoms with Crippen LogP contribution in [-0.2, 0) is 6.42 Å². The van der Waals surface area contributed by atoms with Crippen molar-refractivity contribution in [1.29, 1.82) is 0 Å². The number of benzene rings is 1. The van der Waals surface area contributed by atoms with Gasteiger partial charge in [-0.2, -0.15) is 4.98 Å².